The number of aryl methyl sites for hydroxylation is 2. The van der Waals surface area contributed by atoms with Crippen LogP contribution in [-0.4, -0.2) is 19.1 Å². The third kappa shape index (κ3) is 3.81. The lowest BCUT2D eigenvalue weighted by Crippen LogP contribution is -2.02. The Morgan fingerprint density at radius 1 is 0.529 bits per heavy atom. The predicted molar refractivity (Wildman–Crippen MR) is 142 cm³/mol. The third-order valence-corrected chi connectivity index (χ3v) is 7.71. The molecule has 0 aliphatic carbocycles. The Balaban J connectivity index is 1.60. The molecule has 0 amide bonds. The van der Waals surface area contributed by atoms with Crippen LogP contribution in [0.2, 0.25) is 0 Å². The van der Waals surface area contributed by atoms with E-state index in [1.807, 2.05) is 12.1 Å². The van der Waals surface area contributed by atoms with Gasteiger partial charge in [-0.15, -0.1) is 22.7 Å². The molecule has 2 aromatic carbocycles. The minimum atomic E-state index is 0.815. The second kappa shape index (κ2) is 8.56. The summed E-state index contributed by atoms with van der Waals surface area (Å²) in [6.45, 7) is 4.25. The molecule has 6 rings (SSSR count). The van der Waals surface area contributed by atoms with Gasteiger partial charge in [-0.05, 0) is 62.4 Å². The zero-order chi connectivity index (χ0) is 23.1. The maximum Gasteiger partial charge on any atom is 0.182 e. The highest BCUT2D eigenvalue weighted by atomic mass is 32.1. The van der Waals surface area contributed by atoms with Crippen molar-refractivity contribution in [3.63, 3.8) is 0 Å². The van der Waals surface area contributed by atoms with E-state index in [-0.39, 0.29) is 0 Å². The molecule has 166 valence electrons. The first-order valence-electron chi connectivity index (χ1n) is 11.1. The van der Waals surface area contributed by atoms with Crippen molar-refractivity contribution < 1.29 is 0 Å². The number of hydrogen-bond acceptors (Lipinski definition) is 4. The molecule has 6 aromatic rings. The van der Waals surface area contributed by atoms with Crippen LogP contribution in [-0.2, 0) is 0 Å². The van der Waals surface area contributed by atoms with Crippen LogP contribution in [0.1, 0.15) is 9.75 Å². The monoisotopic (exact) mass is 478 g/mol. The van der Waals surface area contributed by atoms with E-state index in [2.05, 4.69) is 108 Å². The van der Waals surface area contributed by atoms with Crippen LogP contribution in [0.5, 0.6) is 0 Å². The first-order chi connectivity index (χ1) is 16.7. The van der Waals surface area contributed by atoms with Gasteiger partial charge in [0.1, 0.15) is 0 Å². The van der Waals surface area contributed by atoms with Crippen molar-refractivity contribution >= 4 is 22.7 Å². The minimum Gasteiger partial charge on any atom is -0.297 e. The second-order valence-corrected chi connectivity index (χ2v) is 10.7. The number of para-hydroxylation sites is 2. The molecule has 4 aromatic heterocycles. The lowest BCUT2D eigenvalue weighted by atomic mass is 10.3. The topological polar surface area (TPSA) is 35.6 Å². The van der Waals surface area contributed by atoms with Crippen LogP contribution in [0.4, 0.5) is 0 Å². The van der Waals surface area contributed by atoms with Crippen molar-refractivity contribution in [2.75, 3.05) is 0 Å². The highest BCUT2D eigenvalue weighted by Gasteiger charge is 2.21. The zero-order valence-electron chi connectivity index (χ0n) is 18.8. The van der Waals surface area contributed by atoms with E-state index in [1.54, 1.807) is 22.7 Å². The van der Waals surface area contributed by atoms with Crippen LogP contribution in [0, 0.1) is 13.8 Å². The summed E-state index contributed by atoms with van der Waals surface area (Å²) in [6, 6.07) is 29.3. The Morgan fingerprint density at radius 2 is 0.941 bits per heavy atom. The average Bonchev–Trinajstić information content (AvgIpc) is 3.65. The molecule has 0 radical (unpaired) electrons. The van der Waals surface area contributed by atoms with Crippen molar-refractivity contribution in [3.05, 3.63) is 107 Å². The second-order valence-electron chi connectivity index (χ2n) is 8.13. The summed E-state index contributed by atoms with van der Waals surface area (Å²) in [5, 5.41) is 0. The number of benzene rings is 2. The Bertz CT molecular complexity index is 1450. The fourth-order valence-corrected chi connectivity index (χ4v) is 5.67. The number of hydrogen-bond donors (Lipinski definition) is 0. The number of imidazole rings is 2. The zero-order valence-corrected chi connectivity index (χ0v) is 20.5. The van der Waals surface area contributed by atoms with E-state index in [0.29, 0.717) is 0 Å². The summed E-state index contributed by atoms with van der Waals surface area (Å²) in [6.07, 6.45) is 4.24. The smallest absolute Gasteiger partial charge is 0.182 e. The molecule has 0 aliphatic heterocycles. The molecule has 0 bridgehead atoms. The Kier molecular flexibility index (Phi) is 5.24. The molecule has 0 spiro atoms. The van der Waals surface area contributed by atoms with Gasteiger partial charge in [-0.2, -0.15) is 0 Å². The van der Waals surface area contributed by atoms with Crippen LogP contribution in [0.3, 0.4) is 0 Å². The SMILES string of the molecule is Cc1ccc(-c2cn(-c3ccccc3)c(-c3nc(-c4ccc(C)s4)cn3-c3ccccc3)n2)s1. The minimum absolute atomic E-state index is 0.815. The van der Waals surface area contributed by atoms with Crippen molar-refractivity contribution in [1.29, 1.82) is 0 Å². The van der Waals surface area contributed by atoms with Gasteiger partial charge < -0.3 is 0 Å². The first-order valence-corrected chi connectivity index (χ1v) is 12.7. The van der Waals surface area contributed by atoms with Gasteiger partial charge in [-0.3, -0.25) is 9.13 Å². The Labute approximate surface area is 206 Å². The summed E-state index contributed by atoms with van der Waals surface area (Å²) in [7, 11) is 0. The van der Waals surface area contributed by atoms with Crippen LogP contribution >= 0.6 is 22.7 Å². The van der Waals surface area contributed by atoms with E-state index in [1.165, 1.54) is 9.75 Å². The largest absolute Gasteiger partial charge is 0.297 e. The highest BCUT2D eigenvalue weighted by Crippen LogP contribution is 2.35. The quantitative estimate of drug-likeness (QED) is 0.253. The standard InChI is InChI=1S/C28H22N4S2/c1-19-13-15-25(33-19)23-17-31(21-9-5-3-6-10-21)27(29-23)28-30-24(26-16-14-20(2)34-26)18-32(28)22-11-7-4-8-12-22/h3-18H,1-2H3. The lowest BCUT2D eigenvalue weighted by Gasteiger charge is -2.10. The molecule has 0 saturated carbocycles. The molecule has 0 N–H and O–H groups in total. The average molecular weight is 479 g/mol. The Hall–Kier alpha value is -3.74. The molecule has 0 unspecified atom stereocenters. The van der Waals surface area contributed by atoms with Crippen molar-refractivity contribution in [1.82, 2.24) is 19.1 Å². The molecule has 0 aliphatic rings. The van der Waals surface area contributed by atoms with Gasteiger partial charge in [-0.25, -0.2) is 9.97 Å². The van der Waals surface area contributed by atoms with E-state index in [4.69, 9.17) is 9.97 Å². The van der Waals surface area contributed by atoms with E-state index >= 15 is 0 Å². The molecule has 4 heterocycles. The predicted octanol–water partition coefficient (Wildman–Crippen LogP) is 7.80. The maximum absolute atomic E-state index is 5.13. The van der Waals surface area contributed by atoms with E-state index < -0.39 is 0 Å². The molecular formula is C28H22N4S2. The molecule has 6 heteroatoms. The van der Waals surface area contributed by atoms with E-state index in [0.717, 1.165) is 44.2 Å². The summed E-state index contributed by atoms with van der Waals surface area (Å²) in [5.41, 5.74) is 4.02. The fraction of sp³-hybridized carbons (Fsp3) is 0.0714. The van der Waals surface area contributed by atoms with Gasteiger partial charge in [0.25, 0.3) is 0 Å². The molecule has 0 saturated heterocycles. The molecule has 4 nitrogen and oxygen atoms in total. The van der Waals surface area contributed by atoms with E-state index in [9.17, 15) is 0 Å². The summed E-state index contributed by atoms with van der Waals surface area (Å²) in [5.74, 6) is 1.63. The first kappa shape index (κ1) is 20.8. The number of nitrogens with zero attached hydrogens (tertiary/aromatic N) is 4. The van der Waals surface area contributed by atoms with Gasteiger partial charge in [-0.1, -0.05) is 36.4 Å². The van der Waals surface area contributed by atoms with Gasteiger partial charge >= 0.3 is 0 Å². The molecule has 0 atom stereocenters. The fourth-order valence-electron chi connectivity index (χ4n) is 4.03. The summed E-state index contributed by atoms with van der Waals surface area (Å²) < 4.78 is 4.30. The Morgan fingerprint density at radius 3 is 1.29 bits per heavy atom. The number of thiophene rings is 2. The number of aromatic nitrogens is 4. The maximum atomic E-state index is 5.13. The van der Waals surface area contributed by atoms with Crippen LogP contribution in [0.15, 0.2) is 97.3 Å². The van der Waals surface area contributed by atoms with Crippen molar-refractivity contribution in [2.24, 2.45) is 0 Å². The van der Waals surface area contributed by atoms with Gasteiger partial charge in [0.2, 0.25) is 0 Å². The molecule has 0 fully saturated rings. The van der Waals surface area contributed by atoms with Crippen molar-refractivity contribution in [2.45, 2.75) is 13.8 Å². The number of rotatable bonds is 5. The van der Waals surface area contributed by atoms with Gasteiger partial charge in [0.15, 0.2) is 11.6 Å². The summed E-state index contributed by atoms with van der Waals surface area (Å²) >= 11 is 3.51. The third-order valence-electron chi connectivity index (χ3n) is 5.67. The normalized spacial score (nSPS) is 11.2. The lowest BCUT2D eigenvalue weighted by molar-refractivity contribution is 0.988. The van der Waals surface area contributed by atoms with Crippen LogP contribution in [0.25, 0.3) is 44.2 Å². The van der Waals surface area contributed by atoms with Gasteiger partial charge in [0.05, 0.1) is 21.1 Å². The van der Waals surface area contributed by atoms with Crippen LogP contribution < -0.4 is 0 Å². The molecular weight excluding hydrogens is 456 g/mol. The summed E-state index contributed by atoms with van der Waals surface area (Å²) in [4.78, 5) is 15.1. The van der Waals surface area contributed by atoms with Crippen molar-refractivity contribution in [3.8, 4) is 44.2 Å². The molecule has 34 heavy (non-hydrogen) atoms. The highest BCUT2D eigenvalue weighted by molar-refractivity contribution is 7.15. The van der Waals surface area contributed by atoms with Gasteiger partial charge in [0, 0.05) is 33.5 Å².